The second-order valence-corrected chi connectivity index (χ2v) is 10.2. The Bertz CT molecular complexity index is 939. The molecular weight excluding hydrogens is 483 g/mol. The van der Waals surface area contributed by atoms with Crippen LogP contribution in [0.15, 0.2) is 18.2 Å². The molecule has 0 radical (unpaired) electrons. The van der Waals surface area contributed by atoms with Crippen LogP contribution in [-0.2, 0) is 24.3 Å². The maximum atomic E-state index is 14.1. The summed E-state index contributed by atoms with van der Waals surface area (Å²) < 4.78 is 57.7. The summed E-state index contributed by atoms with van der Waals surface area (Å²) in [6.45, 7) is 3.78. The number of benzene rings is 1. The number of hydrogen-bond donors (Lipinski definition) is 2. The molecule has 35 heavy (non-hydrogen) atoms. The molecule has 1 aliphatic carbocycles. The highest BCUT2D eigenvalue weighted by atomic mass is 32.2. The summed E-state index contributed by atoms with van der Waals surface area (Å²) in [6, 6.07) is 3.82. The van der Waals surface area contributed by atoms with Gasteiger partial charge < -0.3 is 19.3 Å². The van der Waals surface area contributed by atoms with Crippen LogP contribution in [-0.4, -0.2) is 69.3 Å². The van der Waals surface area contributed by atoms with E-state index in [1.54, 1.807) is 19.1 Å². The SMILES string of the molecule is CCOC(=O)N(CCC(=O)O)COCCCS(=O)(=O)NC(CC)c1ccc(F)c(OCC2CC2)c1. The fourth-order valence-electron chi connectivity index (χ4n) is 3.18. The van der Waals surface area contributed by atoms with E-state index in [1.165, 1.54) is 6.07 Å². The molecule has 1 amide bonds. The van der Waals surface area contributed by atoms with Crippen LogP contribution >= 0.6 is 0 Å². The molecule has 0 aromatic heterocycles. The topological polar surface area (TPSA) is 131 Å². The summed E-state index contributed by atoms with van der Waals surface area (Å²) >= 11 is 0. The van der Waals surface area contributed by atoms with Crippen LogP contribution < -0.4 is 9.46 Å². The molecule has 1 saturated carbocycles. The lowest BCUT2D eigenvalue weighted by molar-refractivity contribution is -0.137. The molecule has 12 heteroatoms. The van der Waals surface area contributed by atoms with Gasteiger partial charge >= 0.3 is 12.1 Å². The number of hydrogen-bond acceptors (Lipinski definition) is 7. The van der Waals surface area contributed by atoms with Crippen LogP contribution in [0.4, 0.5) is 9.18 Å². The van der Waals surface area contributed by atoms with Crippen molar-refractivity contribution in [3.63, 3.8) is 0 Å². The molecule has 1 unspecified atom stereocenters. The monoisotopic (exact) mass is 518 g/mol. The number of carboxylic acids is 1. The number of ether oxygens (including phenoxy) is 3. The van der Waals surface area contributed by atoms with Crippen LogP contribution in [0, 0.1) is 11.7 Å². The Morgan fingerprint density at radius 1 is 1.29 bits per heavy atom. The van der Waals surface area contributed by atoms with Gasteiger partial charge in [0.1, 0.15) is 6.73 Å². The van der Waals surface area contributed by atoms with Gasteiger partial charge in [0.25, 0.3) is 0 Å². The largest absolute Gasteiger partial charge is 0.490 e. The summed E-state index contributed by atoms with van der Waals surface area (Å²) in [7, 11) is -3.67. The number of aliphatic carboxylic acids is 1. The van der Waals surface area contributed by atoms with Gasteiger partial charge in [0, 0.05) is 19.2 Å². The molecule has 0 spiro atoms. The number of halogens is 1. The van der Waals surface area contributed by atoms with Gasteiger partial charge in [0.2, 0.25) is 10.0 Å². The normalized spacial score (nSPS) is 14.4. The molecule has 1 aromatic carbocycles. The minimum Gasteiger partial charge on any atom is -0.490 e. The average molecular weight is 519 g/mol. The highest BCUT2D eigenvalue weighted by Gasteiger charge is 2.24. The van der Waals surface area contributed by atoms with E-state index in [1.807, 2.05) is 6.92 Å². The number of sulfonamides is 1. The van der Waals surface area contributed by atoms with E-state index >= 15 is 0 Å². The third kappa shape index (κ3) is 10.8. The number of amides is 1. The lowest BCUT2D eigenvalue weighted by atomic mass is 10.1. The van der Waals surface area contributed by atoms with Crippen molar-refractivity contribution in [1.29, 1.82) is 0 Å². The smallest absolute Gasteiger partial charge is 0.411 e. The lowest BCUT2D eigenvalue weighted by Gasteiger charge is -2.21. The van der Waals surface area contributed by atoms with Crippen molar-refractivity contribution >= 4 is 22.1 Å². The van der Waals surface area contributed by atoms with E-state index < -0.39 is 33.9 Å². The number of nitrogens with one attached hydrogen (secondary N) is 1. The molecular formula is C23H35FN2O8S. The molecule has 0 bridgehead atoms. The quantitative estimate of drug-likeness (QED) is 0.237. The molecule has 10 nitrogen and oxygen atoms in total. The van der Waals surface area contributed by atoms with Crippen LogP contribution in [0.1, 0.15) is 57.6 Å². The minimum absolute atomic E-state index is 0.0381. The van der Waals surface area contributed by atoms with E-state index in [2.05, 4.69) is 4.72 Å². The van der Waals surface area contributed by atoms with Crippen molar-refractivity contribution in [2.24, 2.45) is 5.92 Å². The molecule has 1 aliphatic rings. The van der Waals surface area contributed by atoms with E-state index in [0.29, 0.717) is 24.5 Å². The van der Waals surface area contributed by atoms with Gasteiger partial charge in [-0.3, -0.25) is 9.69 Å². The number of rotatable bonds is 17. The molecule has 1 fully saturated rings. The van der Waals surface area contributed by atoms with Crippen molar-refractivity contribution in [3.05, 3.63) is 29.6 Å². The minimum atomic E-state index is -3.67. The van der Waals surface area contributed by atoms with Gasteiger partial charge in [-0.05, 0) is 56.2 Å². The second-order valence-electron chi connectivity index (χ2n) is 8.34. The van der Waals surface area contributed by atoms with Crippen LogP contribution in [0.3, 0.4) is 0 Å². The first kappa shape index (κ1) is 28.8. The Morgan fingerprint density at radius 2 is 2.03 bits per heavy atom. The van der Waals surface area contributed by atoms with E-state index in [0.717, 1.165) is 17.7 Å². The number of carboxylic acid groups (broad SMARTS) is 1. The maximum Gasteiger partial charge on any atom is 0.411 e. The van der Waals surface area contributed by atoms with Gasteiger partial charge in [0.15, 0.2) is 11.6 Å². The third-order valence-electron chi connectivity index (χ3n) is 5.33. The predicted molar refractivity (Wildman–Crippen MR) is 126 cm³/mol. The van der Waals surface area contributed by atoms with E-state index in [4.69, 9.17) is 19.3 Å². The lowest BCUT2D eigenvalue weighted by Crippen LogP contribution is -2.36. The van der Waals surface area contributed by atoms with Gasteiger partial charge in [0.05, 0.1) is 25.4 Å². The standard InChI is InChI=1S/C23H35FN2O8S/c1-3-20(18-8-9-19(24)21(14-18)34-15-17-6-7-17)25-35(30,31)13-5-12-32-16-26(11-10-22(27)28)23(29)33-4-2/h8-9,14,17,20,25H,3-7,10-13,15-16H2,1-2H3,(H,27,28). The molecule has 1 atom stereocenters. The van der Waals surface area contributed by atoms with Crippen molar-refractivity contribution < 1.29 is 41.7 Å². The van der Waals surface area contributed by atoms with E-state index in [-0.39, 0.29) is 50.8 Å². The molecule has 2 rings (SSSR count). The maximum absolute atomic E-state index is 14.1. The Labute approximate surface area is 205 Å². The number of carbonyl (C=O) groups excluding carboxylic acids is 1. The van der Waals surface area contributed by atoms with Crippen LogP contribution in [0.25, 0.3) is 0 Å². The zero-order chi connectivity index (χ0) is 25.8. The fourth-order valence-corrected chi connectivity index (χ4v) is 4.53. The number of carbonyl (C=O) groups is 2. The van der Waals surface area contributed by atoms with Crippen molar-refractivity contribution in [1.82, 2.24) is 9.62 Å². The zero-order valence-electron chi connectivity index (χ0n) is 20.2. The Balaban J connectivity index is 1.83. The molecule has 0 aliphatic heterocycles. The van der Waals surface area contributed by atoms with E-state index in [9.17, 15) is 22.4 Å². The first-order chi connectivity index (χ1) is 16.6. The third-order valence-corrected chi connectivity index (χ3v) is 6.80. The summed E-state index contributed by atoms with van der Waals surface area (Å²) in [4.78, 5) is 23.8. The number of nitrogens with zero attached hydrogens (tertiary/aromatic N) is 1. The van der Waals surface area contributed by atoms with Crippen molar-refractivity contribution in [2.45, 2.75) is 52.0 Å². The Kier molecular flexibility index (Phi) is 11.7. The first-order valence-electron chi connectivity index (χ1n) is 11.8. The summed E-state index contributed by atoms with van der Waals surface area (Å²) in [6.07, 6.45) is 1.79. The highest BCUT2D eigenvalue weighted by Crippen LogP contribution is 2.31. The fraction of sp³-hybridized carbons (Fsp3) is 0.652. The van der Waals surface area contributed by atoms with Crippen LogP contribution in [0.5, 0.6) is 5.75 Å². The first-order valence-corrected chi connectivity index (χ1v) is 13.4. The predicted octanol–water partition coefficient (Wildman–Crippen LogP) is 3.28. The molecule has 198 valence electrons. The zero-order valence-corrected chi connectivity index (χ0v) is 21.0. The Hall–Kier alpha value is -2.44. The second kappa shape index (κ2) is 14.2. The molecule has 0 heterocycles. The van der Waals surface area contributed by atoms with Gasteiger partial charge in [-0.25, -0.2) is 22.3 Å². The molecule has 1 aromatic rings. The molecule has 2 N–H and O–H groups in total. The van der Waals surface area contributed by atoms with Gasteiger partial charge in [-0.15, -0.1) is 0 Å². The van der Waals surface area contributed by atoms with Crippen molar-refractivity contribution in [2.75, 3.05) is 38.8 Å². The average Bonchev–Trinajstić information content (AvgIpc) is 3.63. The van der Waals surface area contributed by atoms with Crippen molar-refractivity contribution in [3.8, 4) is 5.75 Å². The summed E-state index contributed by atoms with van der Waals surface area (Å²) in [5.74, 6) is -1.18. The summed E-state index contributed by atoms with van der Waals surface area (Å²) in [5.41, 5.74) is 0.614. The Morgan fingerprint density at radius 3 is 2.66 bits per heavy atom. The van der Waals surface area contributed by atoms with Gasteiger partial charge in [-0.2, -0.15) is 0 Å². The van der Waals surface area contributed by atoms with Gasteiger partial charge in [-0.1, -0.05) is 13.0 Å². The van der Waals surface area contributed by atoms with Crippen LogP contribution in [0.2, 0.25) is 0 Å². The highest BCUT2D eigenvalue weighted by molar-refractivity contribution is 7.89. The summed E-state index contributed by atoms with van der Waals surface area (Å²) in [5, 5.41) is 8.81. The molecule has 0 saturated heterocycles.